The van der Waals surface area contributed by atoms with Crippen molar-refractivity contribution >= 4 is 29.4 Å². The molecule has 1 N–H and O–H groups in total. The smallest absolute Gasteiger partial charge is 0.230 e. The number of rotatable bonds is 8. The van der Waals surface area contributed by atoms with Gasteiger partial charge in [-0.25, -0.2) is 0 Å². The van der Waals surface area contributed by atoms with Gasteiger partial charge in [0, 0.05) is 22.9 Å². The summed E-state index contributed by atoms with van der Waals surface area (Å²) in [7, 11) is 0. The second-order valence-corrected chi connectivity index (χ2v) is 6.97. The summed E-state index contributed by atoms with van der Waals surface area (Å²) in [6.07, 6.45) is 0. The molecule has 0 atom stereocenters. The molecule has 0 saturated heterocycles. The van der Waals surface area contributed by atoms with Crippen molar-refractivity contribution in [3.63, 3.8) is 0 Å². The molecular weight excluding hydrogens is 324 g/mol. The maximum absolute atomic E-state index is 11.8. The summed E-state index contributed by atoms with van der Waals surface area (Å²) in [6, 6.07) is 19.7. The second-order valence-electron chi connectivity index (χ2n) is 4.81. The van der Waals surface area contributed by atoms with Crippen LogP contribution >= 0.6 is 23.5 Å². The molecule has 3 nitrogen and oxygen atoms in total. The van der Waals surface area contributed by atoms with Crippen molar-refractivity contribution in [2.75, 3.05) is 18.1 Å². The number of hydrogen-bond donors (Lipinski definition) is 1. The van der Waals surface area contributed by atoms with Gasteiger partial charge in [0.05, 0.1) is 17.4 Å². The minimum atomic E-state index is 0.0670. The normalized spacial score (nSPS) is 10.0. The van der Waals surface area contributed by atoms with Gasteiger partial charge in [-0.3, -0.25) is 4.79 Å². The van der Waals surface area contributed by atoms with Crippen LogP contribution in [0.2, 0.25) is 0 Å². The third kappa shape index (κ3) is 6.81. The highest BCUT2D eigenvalue weighted by atomic mass is 32.2. The van der Waals surface area contributed by atoms with E-state index in [1.165, 1.54) is 4.90 Å². The predicted molar refractivity (Wildman–Crippen MR) is 97.5 cm³/mol. The van der Waals surface area contributed by atoms with Crippen LogP contribution in [0.4, 0.5) is 0 Å². The molecule has 23 heavy (non-hydrogen) atoms. The maximum atomic E-state index is 11.8. The average molecular weight is 342 g/mol. The van der Waals surface area contributed by atoms with Crippen LogP contribution in [0.5, 0.6) is 0 Å². The maximum Gasteiger partial charge on any atom is 0.230 e. The molecule has 2 rings (SSSR count). The highest BCUT2D eigenvalue weighted by Gasteiger charge is 2.02. The zero-order valence-corrected chi connectivity index (χ0v) is 14.3. The summed E-state index contributed by atoms with van der Waals surface area (Å²) in [5, 5.41) is 11.7. The van der Waals surface area contributed by atoms with Crippen molar-refractivity contribution in [2.24, 2.45) is 0 Å². The van der Waals surface area contributed by atoms with E-state index in [-0.39, 0.29) is 5.91 Å². The molecule has 0 unspecified atom stereocenters. The summed E-state index contributed by atoms with van der Waals surface area (Å²) in [5.74, 6) is 2.17. The highest BCUT2D eigenvalue weighted by molar-refractivity contribution is 7.99. The molecule has 0 radical (unpaired) electrons. The van der Waals surface area contributed by atoms with Crippen molar-refractivity contribution in [1.29, 1.82) is 5.26 Å². The van der Waals surface area contributed by atoms with Crippen LogP contribution in [0.1, 0.15) is 11.1 Å². The topological polar surface area (TPSA) is 52.9 Å². The Kier molecular flexibility index (Phi) is 7.58. The zero-order chi connectivity index (χ0) is 16.3. The van der Waals surface area contributed by atoms with Gasteiger partial charge in [-0.2, -0.15) is 5.26 Å². The highest BCUT2D eigenvalue weighted by Crippen LogP contribution is 2.16. The Bertz CT molecular complexity index is 651. The van der Waals surface area contributed by atoms with E-state index < -0.39 is 0 Å². The largest absolute Gasteiger partial charge is 0.355 e. The average Bonchev–Trinajstić information content (AvgIpc) is 2.60. The Balaban J connectivity index is 1.57. The van der Waals surface area contributed by atoms with E-state index >= 15 is 0 Å². The van der Waals surface area contributed by atoms with E-state index in [0.29, 0.717) is 17.9 Å². The van der Waals surface area contributed by atoms with E-state index in [2.05, 4.69) is 23.5 Å². The van der Waals surface area contributed by atoms with Gasteiger partial charge in [0.2, 0.25) is 5.91 Å². The molecule has 118 valence electrons. The number of nitrogens with zero attached hydrogens (tertiary/aromatic N) is 1. The third-order valence-electron chi connectivity index (χ3n) is 3.02. The lowest BCUT2D eigenvalue weighted by molar-refractivity contribution is -0.118. The van der Waals surface area contributed by atoms with E-state index in [9.17, 15) is 4.79 Å². The molecule has 5 heteroatoms. The van der Waals surface area contributed by atoms with Gasteiger partial charge in [-0.1, -0.05) is 30.3 Å². The van der Waals surface area contributed by atoms with E-state index in [4.69, 9.17) is 5.26 Å². The molecule has 1 amide bonds. The van der Waals surface area contributed by atoms with Crippen molar-refractivity contribution in [1.82, 2.24) is 5.32 Å². The summed E-state index contributed by atoms with van der Waals surface area (Å²) < 4.78 is 0. The Labute approximate surface area is 145 Å². The summed E-state index contributed by atoms with van der Waals surface area (Å²) in [6.45, 7) is 0.676. The summed E-state index contributed by atoms with van der Waals surface area (Å²) >= 11 is 3.32. The van der Waals surface area contributed by atoms with Crippen LogP contribution in [0, 0.1) is 11.3 Å². The first-order valence-corrected chi connectivity index (χ1v) is 9.43. The lowest BCUT2D eigenvalue weighted by Gasteiger charge is -2.05. The molecule has 2 aromatic rings. The second kappa shape index (κ2) is 9.98. The minimum absolute atomic E-state index is 0.0670. The van der Waals surface area contributed by atoms with Crippen molar-refractivity contribution in [3.8, 4) is 6.07 Å². The molecule has 0 aliphatic rings. The Morgan fingerprint density at radius 1 is 1.09 bits per heavy atom. The molecule has 0 heterocycles. The summed E-state index contributed by atoms with van der Waals surface area (Å²) in [5.41, 5.74) is 1.79. The van der Waals surface area contributed by atoms with E-state index in [0.717, 1.165) is 17.1 Å². The number of nitriles is 1. The standard InChI is InChI=1S/C18H18N2OS2/c19-12-15-6-8-16(9-7-15)13-22-14-18(21)20-10-11-23-17-4-2-1-3-5-17/h1-9H,10-11,13-14H2,(H,20,21). The van der Waals surface area contributed by atoms with Crippen molar-refractivity contribution in [2.45, 2.75) is 10.6 Å². The molecule has 0 spiro atoms. The lowest BCUT2D eigenvalue weighted by Crippen LogP contribution is -2.27. The fourth-order valence-corrected chi connectivity index (χ4v) is 3.47. The number of carbonyl (C=O) groups is 1. The first-order chi connectivity index (χ1) is 11.3. The van der Waals surface area contributed by atoms with Crippen LogP contribution in [0.3, 0.4) is 0 Å². The zero-order valence-electron chi connectivity index (χ0n) is 12.7. The van der Waals surface area contributed by atoms with Gasteiger partial charge in [-0.15, -0.1) is 23.5 Å². The van der Waals surface area contributed by atoms with E-state index in [1.54, 1.807) is 35.7 Å². The van der Waals surface area contributed by atoms with Crippen molar-refractivity contribution < 1.29 is 4.79 Å². The number of carbonyl (C=O) groups excluding carboxylic acids is 1. The van der Waals surface area contributed by atoms with Crippen LogP contribution in [-0.4, -0.2) is 24.0 Å². The molecule has 0 aromatic heterocycles. The molecule has 0 fully saturated rings. The number of hydrogen-bond acceptors (Lipinski definition) is 4. The van der Waals surface area contributed by atoms with Crippen molar-refractivity contribution in [3.05, 3.63) is 65.7 Å². The van der Waals surface area contributed by atoms with Crippen LogP contribution < -0.4 is 5.32 Å². The van der Waals surface area contributed by atoms with Gasteiger partial charge < -0.3 is 5.32 Å². The fourth-order valence-electron chi connectivity index (χ4n) is 1.86. The Hall–Kier alpha value is -1.90. The SMILES string of the molecule is N#Cc1ccc(CSCC(=O)NCCSc2ccccc2)cc1. The number of amides is 1. The molecule has 2 aromatic carbocycles. The summed E-state index contributed by atoms with van der Waals surface area (Å²) in [4.78, 5) is 13.0. The van der Waals surface area contributed by atoms with Crippen LogP contribution in [-0.2, 0) is 10.5 Å². The van der Waals surface area contributed by atoms with Gasteiger partial charge in [0.15, 0.2) is 0 Å². The predicted octanol–water partition coefficient (Wildman–Crippen LogP) is 3.70. The van der Waals surface area contributed by atoms with Gasteiger partial charge in [0.25, 0.3) is 0 Å². The third-order valence-corrected chi connectivity index (χ3v) is 5.04. The lowest BCUT2D eigenvalue weighted by atomic mass is 10.2. The first kappa shape index (κ1) is 17.5. The van der Waals surface area contributed by atoms with Gasteiger partial charge in [-0.05, 0) is 29.8 Å². The molecule has 0 aliphatic carbocycles. The van der Waals surface area contributed by atoms with E-state index in [1.807, 2.05) is 30.3 Å². The Morgan fingerprint density at radius 2 is 1.83 bits per heavy atom. The van der Waals surface area contributed by atoms with Crippen LogP contribution in [0.15, 0.2) is 59.5 Å². The first-order valence-electron chi connectivity index (χ1n) is 7.29. The molecular formula is C18H18N2OS2. The number of thioether (sulfide) groups is 2. The van der Waals surface area contributed by atoms with Gasteiger partial charge in [0.1, 0.15) is 0 Å². The van der Waals surface area contributed by atoms with Gasteiger partial charge >= 0.3 is 0 Å². The number of benzene rings is 2. The fraction of sp³-hybridized carbons (Fsp3) is 0.222. The molecule has 0 bridgehead atoms. The monoisotopic (exact) mass is 342 g/mol. The van der Waals surface area contributed by atoms with Crippen LogP contribution in [0.25, 0.3) is 0 Å². The quantitative estimate of drug-likeness (QED) is 0.587. The molecule has 0 saturated carbocycles. The number of nitrogens with one attached hydrogen (secondary N) is 1. The Morgan fingerprint density at radius 3 is 2.52 bits per heavy atom. The molecule has 0 aliphatic heterocycles. The minimum Gasteiger partial charge on any atom is -0.355 e.